The van der Waals surface area contributed by atoms with Gasteiger partial charge in [0.2, 0.25) is 0 Å². The molecular formula is C12H14ClN3. The lowest BCUT2D eigenvalue weighted by molar-refractivity contribution is 0.823. The normalized spacial score (nSPS) is 10.8. The second kappa shape index (κ2) is 4.26. The van der Waals surface area contributed by atoms with E-state index < -0.39 is 0 Å². The molecule has 0 atom stereocenters. The molecule has 2 rings (SSSR count). The SMILES string of the molecule is Cc1nn(-c2ccncc2CCl)c(C)c1C. The Morgan fingerprint density at radius 1 is 1.31 bits per heavy atom. The molecule has 0 aliphatic carbocycles. The molecule has 4 heteroatoms. The summed E-state index contributed by atoms with van der Waals surface area (Å²) in [6.45, 7) is 6.16. The van der Waals surface area contributed by atoms with Crippen molar-refractivity contribution in [3.8, 4) is 5.69 Å². The third-order valence-electron chi connectivity index (χ3n) is 2.90. The molecule has 0 N–H and O–H groups in total. The summed E-state index contributed by atoms with van der Waals surface area (Å²) in [6.07, 6.45) is 3.55. The minimum absolute atomic E-state index is 0.445. The van der Waals surface area contributed by atoms with Gasteiger partial charge in [0.15, 0.2) is 0 Å². The Morgan fingerprint density at radius 3 is 2.62 bits per heavy atom. The fraction of sp³-hybridized carbons (Fsp3) is 0.333. The largest absolute Gasteiger partial charge is 0.264 e. The van der Waals surface area contributed by atoms with E-state index in [9.17, 15) is 0 Å². The second-order valence-corrected chi connectivity index (χ2v) is 4.11. The third kappa shape index (κ3) is 1.71. The molecule has 0 amide bonds. The van der Waals surface area contributed by atoms with Crippen LogP contribution in [0.3, 0.4) is 0 Å². The van der Waals surface area contributed by atoms with Gasteiger partial charge in [0, 0.05) is 23.7 Å². The highest BCUT2D eigenvalue weighted by molar-refractivity contribution is 6.17. The van der Waals surface area contributed by atoms with Gasteiger partial charge in [-0.15, -0.1) is 11.6 Å². The van der Waals surface area contributed by atoms with Crippen LogP contribution in [0, 0.1) is 20.8 Å². The van der Waals surface area contributed by atoms with E-state index in [0.717, 1.165) is 22.6 Å². The van der Waals surface area contributed by atoms with Gasteiger partial charge in [0.1, 0.15) is 0 Å². The van der Waals surface area contributed by atoms with E-state index in [1.807, 2.05) is 17.7 Å². The van der Waals surface area contributed by atoms with E-state index in [4.69, 9.17) is 11.6 Å². The number of hydrogen-bond acceptors (Lipinski definition) is 2. The predicted octanol–water partition coefficient (Wildman–Crippen LogP) is 2.93. The molecular weight excluding hydrogens is 222 g/mol. The number of rotatable bonds is 2. The highest BCUT2D eigenvalue weighted by Crippen LogP contribution is 2.20. The van der Waals surface area contributed by atoms with Crippen LogP contribution in [-0.2, 0) is 5.88 Å². The van der Waals surface area contributed by atoms with E-state index in [-0.39, 0.29) is 0 Å². The first-order valence-electron chi connectivity index (χ1n) is 5.17. The van der Waals surface area contributed by atoms with Gasteiger partial charge in [-0.2, -0.15) is 5.10 Å². The monoisotopic (exact) mass is 235 g/mol. The molecule has 0 bridgehead atoms. The smallest absolute Gasteiger partial charge is 0.0723 e. The second-order valence-electron chi connectivity index (χ2n) is 3.85. The molecule has 0 aliphatic heterocycles. The average Bonchev–Trinajstić information content (AvgIpc) is 2.57. The van der Waals surface area contributed by atoms with Gasteiger partial charge in [-0.3, -0.25) is 4.98 Å². The fourth-order valence-electron chi connectivity index (χ4n) is 1.68. The topological polar surface area (TPSA) is 30.7 Å². The van der Waals surface area contributed by atoms with Gasteiger partial charge in [0.25, 0.3) is 0 Å². The van der Waals surface area contributed by atoms with Crippen LogP contribution < -0.4 is 0 Å². The molecule has 0 spiro atoms. The van der Waals surface area contributed by atoms with Crippen molar-refractivity contribution >= 4 is 11.6 Å². The van der Waals surface area contributed by atoms with Crippen LogP contribution in [0.15, 0.2) is 18.5 Å². The molecule has 2 aromatic rings. The maximum absolute atomic E-state index is 5.90. The first-order chi connectivity index (χ1) is 7.65. The van der Waals surface area contributed by atoms with E-state index in [2.05, 4.69) is 23.9 Å². The molecule has 0 fully saturated rings. The first kappa shape index (κ1) is 11.1. The quantitative estimate of drug-likeness (QED) is 0.750. The van der Waals surface area contributed by atoms with Crippen molar-refractivity contribution in [3.05, 3.63) is 41.0 Å². The van der Waals surface area contributed by atoms with Crippen molar-refractivity contribution < 1.29 is 0 Å². The van der Waals surface area contributed by atoms with Gasteiger partial charge in [-0.25, -0.2) is 4.68 Å². The maximum Gasteiger partial charge on any atom is 0.0723 e. The molecule has 0 aliphatic rings. The summed E-state index contributed by atoms with van der Waals surface area (Å²) < 4.78 is 1.93. The molecule has 3 nitrogen and oxygen atoms in total. The summed E-state index contributed by atoms with van der Waals surface area (Å²) in [5.41, 5.74) is 5.43. The Balaban J connectivity index is 2.63. The molecule has 0 saturated heterocycles. The third-order valence-corrected chi connectivity index (χ3v) is 3.19. The predicted molar refractivity (Wildman–Crippen MR) is 65.1 cm³/mol. The summed E-state index contributed by atoms with van der Waals surface area (Å²) in [7, 11) is 0. The molecule has 0 aromatic carbocycles. The molecule has 0 radical (unpaired) electrons. The Hall–Kier alpha value is -1.35. The minimum Gasteiger partial charge on any atom is -0.264 e. The first-order valence-corrected chi connectivity index (χ1v) is 5.70. The van der Waals surface area contributed by atoms with E-state index in [0.29, 0.717) is 5.88 Å². The summed E-state index contributed by atoms with van der Waals surface area (Å²) in [4.78, 5) is 4.08. The van der Waals surface area contributed by atoms with Crippen molar-refractivity contribution in [1.82, 2.24) is 14.8 Å². The Kier molecular flexibility index (Phi) is 2.97. The highest BCUT2D eigenvalue weighted by atomic mass is 35.5. The lowest BCUT2D eigenvalue weighted by Crippen LogP contribution is -2.03. The fourth-order valence-corrected chi connectivity index (χ4v) is 1.89. The summed E-state index contributed by atoms with van der Waals surface area (Å²) in [5.74, 6) is 0.445. The number of aromatic nitrogens is 3. The molecule has 2 aromatic heterocycles. The van der Waals surface area contributed by atoms with Crippen molar-refractivity contribution in [2.24, 2.45) is 0 Å². The van der Waals surface area contributed by atoms with Gasteiger partial charge in [-0.05, 0) is 32.4 Å². The standard InChI is InChI=1S/C12H14ClN3/c1-8-9(2)15-16(10(8)3)12-4-5-14-7-11(12)6-13/h4-5,7H,6H2,1-3H3. The zero-order valence-corrected chi connectivity index (χ0v) is 10.4. The van der Waals surface area contributed by atoms with Crippen molar-refractivity contribution in [1.29, 1.82) is 0 Å². The van der Waals surface area contributed by atoms with Gasteiger partial charge in [0.05, 0.1) is 17.3 Å². The molecule has 0 unspecified atom stereocenters. The van der Waals surface area contributed by atoms with Crippen molar-refractivity contribution in [3.63, 3.8) is 0 Å². The van der Waals surface area contributed by atoms with Crippen LogP contribution >= 0.6 is 11.6 Å². The number of pyridine rings is 1. The maximum atomic E-state index is 5.90. The number of nitrogens with zero attached hydrogens (tertiary/aromatic N) is 3. The zero-order chi connectivity index (χ0) is 11.7. The number of aryl methyl sites for hydroxylation is 1. The van der Waals surface area contributed by atoms with E-state index >= 15 is 0 Å². The molecule has 0 saturated carbocycles. The minimum atomic E-state index is 0.445. The molecule has 84 valence electrons. The van der Waals surface area contributed by atoms with Crippen LogP contribution in [0.5, 0.6) is 0 Å². The van der Waals surface area contributed by atoms with Crippen LogP contribution in [0.2, 0.25) is 0 Å². The Morgan fingerprint density at radius 2 is 2.06 bits per heavy atom. The highest BCUT2D eigenvalue weighted by Gasteiger charge is 2.11. The van der Waals surface area contributed by atoms with E-state index in [1.165, 1.54) is 5.56 Å². The van der Waals surface area contributed by atoms with Gasteiger partial charge in [-0.1, -0.05) is 0 Å². The number of halogens is 1. The Bertz CT molecular complexity index is 517. The molecule has 2 heterocycles. The average molecular weight is 236 g/mol. The lowest BCUT2D eigenvalue weighted by atomic mass is 10.2. The Labute approximate surface area is 100 Å². The van der Waals surface area contributed by atoms with Crippen LogP contribution in [-0.4, -0.2) is 14.8 Å². The van der Waals surface area contributed by atoms with Crippen LogP contribution in [0.4, 0.5) is 0 Å². The van der Waals surface area contributed by atoms with E-state index in [1.54, 1.807) is 12.4 Å². The summed E-state index contributed by atoms with van der Waals surface area (Å²) >= 11 is 5.90. The van der Waals surface area contributed by atoms with Gasteiger partial charge >= 0.3 is 0 Å². The van der Waals surface area contributed by atoms with Crippen LogP contribution in [0.1, 0.15) is 22.5 Å². The zero-order valence-electron chi connectivity index (χ0n) is 9.66. The number of alkyl halides is 1. The number of hydrogen-bond donors (Lipinski definition) is 0. The summed E-state index contributed by atoms with van der Waals surface area (Å²) in [5, 5.41) is 4.52. The van der Waals surface area contributed by atoms with Crippen LogP contribution in [0.25, 0.3) is 5.69 Å². The van der Waals surface area contributed by atoms with Gasteiger partial charge < -0.3 is 0 Å². The summed E-state index contributed by atoms with van der Waals surface area (Å²) in [6, 6.07) is 1.94. The molecule has 16 heavy (non-hydrogen) atoms. The van der Waals surface area contributed by atoms with Crippen molar-refractivity contribution in [2.75, 3.05) is 0 Å². The van der Waals surface area contributed by atoms with Crippen molar-refractivity contribution in [2.45, 2.75) is 26.7 Å². The lowest BCUT2D eigenvalue weighted by Gasteiger charge is -2.08.